The molecule has 4 nitrogen and oxygen atoms in total. The number of methoxy groups -OCH3 is 2. The number of hydrogen-bond acceptors (Lipinski definition) is 4. The number of carbonyl (C=O) groups excluding carboxylic acids is 2. The van der Waals surface area contributed by atoms with Gasteiger partial charge in [0.2, 0.25) is 0 Å². The van der Waals surface area contributed by atoms with Crippen molar-refractivity contribution in [1.29, 1.82) is 0 Å². The molecule has 0 bridgehead atoms. The van der Waals surface area contributed by atoms with E-state index in [-0.39, 0.29) is 6.42 Å². The lowest BCUT2D eigenvalue weighted by Crippen LogP contribution is -2.40. The maximum Gasteiger partial charge on any atom is 0.323 e. The molecule has 98 valence electrons. The Balaban J connectivity index is 3.06. The Bertz CT molecular complexity index is 440. The Labute approximate surface area is 111 Å². The van der Waals surface area contributed by atoms with Gasteiger partial charge in [-0.15, -0.1) is 0 Å². The van der Waals surface area contributed by atoms with Crippen molar-refractivity contribution in [3.05, 3.63) is 34.9 Å². The third-order valence-corrected chi connectivity index (χ3v) is 2.95. The highest BCUT2D eigenvalue weighted by Crippen LogP contribution is 2.27. The van der Waals surface area contributed by atoms with E-state index in [0.717, 1.165) is 5.56 Å². The van der Waals surface area contributed by atoms with Crippen LogP contribution < -0.4 is 0 Å². The molecule has 1 aromatic carbocycles. The van der Waals surface area contributed by atoms with Gasteiger partial charge in [-0.25, -0.2) is 0 Å². The minimum atomic E-state index is -1.37. The average molecular weight is 271 g/mol. The number of halogens is 1. The van der Waals surface area contributed by atoms with E-state index in [4.69, 9.17) is 11.6 Å². The van der Waals surface area contributed by atoms with E-state index in [1.54, 1.807) is 24.3 Å². The second-order valence-electron chi connectivity index (χ2n) is 4.12. The molecule has 0 aliphatic heterocycles. The van der Waals surface area contributed by atoms with Crippen molar-refractivity contribution in [2.24, 2.45) is 5.41 Å². The number of ether oxygens (including phenoxy) is 2. The summed E-state index contributed by atoms with van der Waals surface area (Å²) in [4.78, 5) is 23.5. The van der Waals surface area contributed by atoms with E-state index >= 15 is 0 Å². The van der Waals surface area contributed by atoms with Crippen LogP contribution in [0.4, 0.5) is 0 Å². The maximum atomic E-state index is 11.8. The van der Waals surface area contributed by atoms with E-state index in [1.165, 1.54) is 21.1 Å². The van der Waals surface area contributed by atoms with Gasteiger partial charge in [0.15, 0.2) is 5.41 Å². The minimum Gasteiger partial charge on any atom is -0.468 e. The molecule has 1 aromatic rings. The number of rotatable bonds is 4. The predicted molar refractivity (Wildman–Crippen MR) is 67.3 cm³/mol. The molecule has 0 saturated heterocycles. The molecule has 1 rings (SSSR count). The van der Waals surface area contributed by atoms with Crippen molar-refractivity contribution in [3.63, 3.8) is 0 Å². The van der Waals surface area contributed by atoms with E-state index in [2.05, 4.69) is 9.47 Å². The largest absolute Gasteiger partial charge is 0.468 e. The number of esters is 2. The van der Waals surface area contributed by atoms with E-state index in [1.807, 2.05) is 0 Å². The smallest absolute Gasteiger partial charge is 0.323 e. The van der Waals surface area contributed by atoms with Gasteiger partial charge in [-0.3, -0.25) is 9.59 Å². The van der Waals surface area contributed by atoms with Crippen LogP contribution in [0.1, 0.15) is 12.5 Å². The molecule has 0 aromatic heterocycles. The highest BCUT2D eigenvalue weighted by atomic mass is 35.5. The van der Waals surface area contributed by atoms with E-state index in [0.29, 0.717) is 5.02 Å². The molecule has 0 aliphatic rings. The van der Waals surface area contributed by atoms with Gasteiger partial charge in [0.05, 0.1) is 14.2 Å². The summed E-state index contributed by atoms with van der Waals surface area (Å²) < 4.78 is 9.34. The minimum absolute atomic E-state index is 0.174. The Morgan fingerprint density at radius 3 is 2.22 bits per heavy atom. The van der Waals surface area contributed by atoms with Gasteiger partial charge in [-0.2, -0.15) is 0 Å². The first-order chi connectivity index (χ1) is 8.43. The summed E-state index contributed by atoms with van der Waals surface area (Å²) in [6.07, 6.45) is 0.174. The maximum absolute atomic E-state index is 11.8. The summed E-state index contributed by atoms with van der Waals surface area (Å²) in [5.74, 6) is -1.26. The number of hydrogen-bond donors (Lipinski definition) is 0. The molecule has 0 heterocycles. The van der Waals surface area contributed by atoms with Crippen molar-refractivity contribution >= 4 is 23.5 Å². The second-order valence-corrected chi connectivity index (χ2v) is 4.56. The quantitative estimate of drug-likeness (QED) is 0.622. The molecule has 0 unspecified atom stereocenters. The highest BCUT2D eigenvalue weighted by Gasteiger charge is 2.43. The van der Waals surface area contributed by atoms with Crippen LogP contribution in [0.3, 0.4) is 0 Å². The van der Waals surface area contributed by atoms with Crippen molar-refractivity contribution in [3.8, 4) is 0 Å². The van der Waals surface area contributed by atoms with E-state index in [9.17, 15) is 9.59 Å². The lowest BCUT2D eigenvalue weighted by molar-refractivity contribution is -0.167. The van der Waals surface area contributed by atoms with E-state index < -0.39 is 17.4 Å². The summed E-state index contributed by atoms with van der Waals surface area (Å²) in [5, 5.41) is 0.546. The third-order valence-electron chi connectivity index (χ3n) is 2.72. The topological polar surface area (TPSA) is 52.6 Å². The monoisotopic (exact) mass is 270 g/mol. The molecular formula is C13H15ClO4. The van der Waals surface area contributed by atoms with Gasteiger partial charge >= 0.3 is 11.9 Å². The molecule has 0 N–H and O–H groups in total. The fourth-order valence-corrected chi connectivity index (χ4v) is 1.95. The van der Waals surface area contributed by atoms with Crippen LogP contribution in [0.25, 0.3) is 0 Å². The molecule has 0 fully saturated rings. The first-order valence-electron chi connectivity index (χ1n) is 5.35. The lowest BCUT2D eigenvalue weighted by Gasteiger charge is -2.23. The Morgan fingerprint density at radius 1 is 1.22 bits per heavy atom. The summed E-state index contributed by atoms with van der Waals surface area (Å²) in [7, 11) is 2.48. The zero-order chi connectivity index (χ0) is 13.8. The van der Waals surface area contributed by atoms with Crippen LogP contribution in [0.2, 0.25) is 5.02 Å². The fraction of sp³-hybridized carbons (Fsp3) is 0.385. The SMILES string of the molecule is COC(=O)C(C)(Cc1cccc(Cl)c1)C(=O)OC. The first kappa shape index (κ1) is 14.5. The van der Waals surface area contributed by atoms with Gasteiger partial charge in [-0.1, -0.05) is 23.7 Å². The summed E-state index contributed by atoms with van der Waals surface area (Å²) >= 11 is 5.87. The van der Waals surface area contributed by atoms with Crippen LogP contribution in [0, 0.1) is 5.41 Å². The van der Waals surface area contributed by atoms with Crippen molar-refractivity contribution in [1.82, 2.24) is 0 Å². The zero-order valence-corrected chi connectivity index (χ0v) is 11.3. The standard InChI is InChI=1S/C13H15ClO4/c1-13(11(15)17-2,12(16)18-3)8-9-5-4-6-10(14)7-9/h4-7H,8H2,1-3H3. The van der Waals surface area contributed by atoms with Gasteiger partial charge in [0.1, 0.15) is 0 Å². The molecule has 0 aliphatic carbocycles. The molecule has 0 radical (unpaired) electrons. The fourth-order valence-electron chi connectivity index (χ4n) is 1.73. The van der Waals surface area contributed by atoms with Crippen LogP contribution >= 0.6 is 11.6 Å². The lowest BCUT2D eigenvalue weighted by atomic mass is 9.83. The van der Waals surface area contributed by atoms with Crippen LogP contribution in [0.5, 0.6) is 0 Å². The highest BCUT2D eigenvalue weighted by molar-refractivity contribution is 6.30. The number of benzene rings is 1. The third kappa shape index (κ3) is 3.01. The molecule has 18 heavy (non-hydrogen) atoms. The summed E-state index contributed by atoms with van der Waals surface area (Å²) in [6.45, 7) is 1.49. The molecule has 0 spiro atoms. The van der Waals surface area contributed by atoms with Crippen molar-refractivity contribution < 1.29 is 19.1 Å². The van der Waals surface area contributed by atoms with Crippen LogP contribution in [-0.2, 0) is 25.5 Å². The molecule has 0 saturated carbocycles. The van der Waals surface area contributed by atoms with Crippen molar-refractivity contribution in [2.45, 2.75) is 13.3 Å². The number of carbonyl (C=O) groups is 2. The molecule has 5 heteroatoms. The van der Waals surface area contributed by atoms with Crippen LogP contribution in [0.15, 0.2) is 24.3 Å². The summed E-state index contributed by atoms with van der Waals surface area (Å²) in [5.41, 5.74) is -0.602. The van der Waals surface area contributed by atoms with Gasteiger partial charge < -0.3 is 9.47 Å². The Kier molecular flexibility index (Phi) is 4.73. The Morgan fingerprint density at radius 2 is 1.78 bits per heavy atom. The average Bonchev–Trinajstić information content (AvgIpc) is 2.36. The second kappa shape index (κ2) is 5.87. The molecule has 0 atom stereocenters. The first-order valence-corrected chi connectivity index (χ1v) is 5.73. The van der Waals surface area contributed by atoms with Gasteiger partial charge in [0.25, 0.3) is 0 Å². The predicted octanol–water partition coefficient (Wildman–Crippen LogP) is 2.23. The van der Waals surface area contributed by atoms with Crippen molar-refractivity contribution in [2.75, 3.05) is 14.2 Å². The normalized spacial score (nSPS) is 10.9. The van der Waals surface area contributed by atoms with Crippen LogP contribution in [-0.4, -0.2) is 26.2 Å². The Hall–Kier alpha value is -1.55. The van der Waals surface area contributed by atoms with Gasteiger partial charge in [-0.05, 0) is 31.0 Å². The molecule has 0 amide bonds. The molecular weight excluding hydrogens is 256 g/mol. The summed E-state index contributed by atoms with van der Waals surface area (Å²) in [6, 6.07) is 6.97. The van der Waals surface area contributed by atoms with Gasteiger partial charge in [0, 0.05) is 5.02 Å². The zero-order valence-electron chi connectivity index (χ0n) is 10.5.